The highest BCUT2D eigenvalue weighted by Gasteiger charge is 2.40. The summed E-state index contributed by atoms with van der Waals surface area (Å²) >= 11 is 8.06. The van der Waals surface area contributed by atoms with E-state index < -0.39 is 0 Å². The van der Waals surface area contributed by atoms with Crippen LogP contribution in [0.1, 0.15) is 56.2 Å². The van der Waals surface area contributed by atoms with E-state index >= 15 is 0 Å². The fourth-order valence-electron chi connectivity index (χ4n) is 4.23. The van der Waals surface area contributed by atoms with Crippen molar-refractivity contribution in [2.24, 2.45) is 0 Å². The van der Waals surface area contributed by atoms with Crippen molar-refractivity contribution in [2.75, 3.05) is 23.7 Å². The molecule has 0 radical (unpaired) electrons. The molecule has 0 saturated carbocycles. The van der Waals surface area contributed by atoms with Crippen molar-refractivity contribution in [3.8, 4) is 5.69 Å². The number of hydrogen-bond donors (Lipinski definition) is 1. The van der Waals surface area contributed by atoms with Crippen molar-refractivity contribution in [1.82, 2.24) is 15.1 Å². The lowest BCUT2D eigenvalue weighted by Crippen LogP contribution is -2.42. The Labute approximate surface area is 220 Å². The zero-order chi connectivity index (χ0) is 26.0. The summed E-state index contributed by atoms with van der Waals surface area (Å²) in [7, 11) is 0. The predicted octanol–water partition coefficient (Wildman–Crippen LogP) is 5.66. The van der Waals surface area contributed by atoms with E-state index in [2.05, 4.69) is 26.1 Å². The first-order valence-corrected chi connectivity index (χ1v) is 13.4. The van der Waals surface area contributed by atoms with Gasteiger partial charge in [0, 0.05) is 17.5 Å². The molecule has 2 heterocycles. The summed E-state index contributed by atoms with van der Waals surface area (Å²) in [5.41, 5.74) is 2.69. The van der Waals surface area contributed by atoms with Crippen molar-refractivity contribution in [3.05, 3.63) is 76.2 Å². The van der Waals surface area contributed by atoms with Gasteiger partial charge in [0.2, 0.25) is 11.8 Å². The van der Waals surface area contributed by atoms with Gasteiger partial charge in [-0.25, -0.2) is 9.07 Å². The van der Waals surface area contributed by atoms with E-state index in [-0.39, 0.29) is 40.6 Å². The van der Waals surface area contributed by atoms with Gasteiger partial charge >= 0.3 is 0 Å². The van der Waals surface area contributed by atoms with E-state index in [1.807, 2.05) is 25.1 Å². The Hall–Kier alpha value is -2.84. The van der Waals surface area contributed by atoms with E-state index in [0.717, 1.165) is 23.2 Å². The van der Waals surface area contributed by atoms with Crippen LogP contribution in [0.25, 0.3) is 5.69 Å². The maximum absolute atomic E-state index is 13.8. The van der Waals surface area contributed by atoms with Crippen LogP contribution in [0.3, 0.4) is 0 Å². The van der Waals surface area contributed by atoms with Gasteiger partial charge in [-0.05, 0) is 36.2 Å². The zero-order valence-corrected chi connectivity index (χ0v) is 22.4. The molecule has 0 saturated heterocycles. The summed E-state index contributed by atoms with van der Waals surface area (Å²) in [6.45, 7) is 8.54. The van der Waals surface area contributed by atoms with Gasteiger partial charge in [0.15, 0.2) is 0 Å². The Bertz CT molecular complexity index is 1270. The summed E-state index contributed by atoms with van der Waals surface area (Å²) in [6.07, 6.45) is 0.791. The van der Waals surface area contributed by atoms with Crippen LogP contribution in [-0.4, -0.2) is 40.4 Å². The second-order valence-corrected chi connectivity index (χ2v) is 11.3. The minimum absolute atomic E-state index is 0.137. The minimum atomic E-state index is -0.390. The number of nitrogens with zero attached hydrogens (tertiary/aromatic N) is 3. The molecular weight excluding hydrogens is 499 g/mol. The molecule has 2 amide bonds. The Morgan fingerprint density at radius 3 is 2.53 bits per heavy atom. The Morgan fingerprint density at radius 2 is 1.89 bits per heavy atom. The maximum atomic E-state index is 13.8. The van der Waals surface area contributed by atoms with Crippen LogP contribution in [0.15, 0.2) is 48.5 Å². The number of anilines is 1. The smallest absolute Gasteiger partial charge is 0.240 e. The largest absolute Gasteiger partial charge is 0.355 e. The van der Waals surface area contributed by atoms with Crippen LogP contribution in [0.5, 0.6) is 0 Å². The van der Waals surface area contributed by atoms with Crippen LogP contribution in [0, 0.1) is 5.82 Å². The SMILES string of the molecule is CCCNC(=O)CN1C(=O)CSC(c2ccc(F)cc2)c2c(C(C)(C)C)nn(-c3ccccc3Cl)c21. The molecule has 1 aliphatic rings. The Balaban J connectivity index is 2.00. The highest BCUT2D eigenvalue weighted by Crippen LogP contribution is 2.48. The normalized spacial score (nSPS) is 16.0. The average Bonchev–Trinajstić information content (AvgIpc) is 3.17. The molecule has 9 heteroatoms. The van der Waals surface area contributed by atoms with Crippen LogP contribution < -0.4 is 10.2 Å². The zero-order valence-electron chi connectivity index (χ0n) is 20.8. The van der Waals surface area contributed by atoms with Crippen molar-refractivity contribution < 1.29 is 14.0 Å². The molecule has 1 aromatic heterocycles. The fourth-order valence-corrected chi connectivity index (χ4v) is 5.64. The number of halogens is 2. The minimum Gasteiger partial charge on any atom is -0.355 e. The van der Waals surface area contributed by atoms with E-state index in [1.54, 1.807) is 22.9 Å². The van der Waals surface area contributed by atoms with Crippen molar-refractivity contribution in [3.63, 3.8) is 0 Å². The second kappa shape index (κ2) is 10.6. The van der Waals surface area contributed by atoms with Crippen LogP contribution >= 0.6 is 23.4 Å². The van der Waals surface area contributed by atoms with Crippen molar-refractivity contribution in [1.29, 1.82) is 0 Å². The van der Waals surface area contributed by atoms with Gasteiger partial charge < -0.3 is 5.32 Å². The molecule has 1 N–H and O–H groups in total. The van der Waals surface area contributed by atoms with Crippen LogP contribution in [0.2, 0.25) is 5.02 Å². The molecule has 6 nitrogen and oxygen atoms in total. The van der Waals surface area contributed by atoms with E-state index in [0.29, 0.717) is 23.1 Å². The van der Waals surface area contributed by atoms with Crippen molar-refractivity contribution in [2.45, 2.75) is 44.8 Å². The molecule has 0 fully saturated rings. The lowest BCUT2D eigenvalue weighted by atomic mass is 9.87. The first-order chi connectivity index (χ1) is 17.1. The molecule has 36 heavy (non-hydrogen) atoms. The van der Waals surface area contributed by atoms with Gasteiger partial charge in [-0.2, -0.15) is 5.10 Å². The average molecular weight is 529 g/mol. The number of carbonyl (C=O) groups is 2. The number of benzene rings is 2. The number of nitrogens with one attached hydrogen (secondary N) is 1. The highest BCUT2D eigenvalue weighted by atomic mass is 35.5. The van der Waals surface area contributed by atoms with Crippen LogP contribution in [0.4, 0.5) is 10.2 Å². The molecule has 190 valence electrons. The number of carbonyl (C=O) groups excluding carboxylic acids is 2. The summed E-state index contributed by atoms with van der Waals surface area (Å²) in [5, 5.41) is 8.05. The number of aromatic nitrogens is 2. The number of hydrogen-bond acceptors (Lipinski definition) is 4. The van der Waals surface area contributed by atoms with E-state index in [4.69, 9.17) is 16.7 Å². The lowest BCUT2D eigenvalue weighted by molar-refractivity contribution is -0.122. The van der Waals surface area contributed by atoms with Gasteiger partial charge in [0.25, 0.3) is 0 Å². The fraction of sp³-hybridized carbons (Fsp3) is 0.370. The molecular formula is C27H30ClFN4O2S. The third-order valence-electron chi connectivity index (χ3n) is 5.93. The number of thioether (sulfide) groups is 1. The first-order valence-electron chi connectivity index (χ1n) is 11.9. The summed E-state index contributed by atoms with van der Waals surface area (Å²) in [5.74, 6) is -0.101. The monoisotopic (exact) mass is 528 g/mol. The quantitative estimate of drug-likeness (QED) is 0.448. The van der Waals surface area contributed by atoms with E-state index in [9.17, 15) is 14.0 Å². The molecule has 3 aromatic rings. The number of fused-ring (bicyclic) bond motifs is 1. The highest BCUT2D eigenvalue weighted by molar-refractivity contribution is 8.00. The molecule has 1 unspecified atom stereocenters. The maximum Gasteiger partial charge on any atom is 0.240 e. The Kier molecular flexibility index (Phi) is 7.76. The van der Waals surface area contributed by atoms with Gasteiger partial charge in [-0.3, -0.25) is 14.5 Å². The molecule has 0 aliphatic carbocycles. The summed E-state index contributed by atoms with van der Waals surface area (Å²) < 4.78 is 15.5. The lowest BCUT2D eigenvalue weighted by Gasteiger charge is -2.24. The van der Waals surface area contributed by atoms with Gasteiger partial charge in [-0.15, -0.1) is 11.8 Å². The van der Waals surface area contributed by atoms with Gasteiger partial charge in [0.1, 0.15) is 18.2 Å². The standard InChI is InChI=1S/C27H30ClFN4O2S/c1-5-14-30-21(34)15-32-22(35)16-36-24(17-10-12-18(29)13-11-17)23-25(27(2,3)4)31-33(26(23)32)20-9-7-6-8-19(20)28/h6-13,24H,5,14-16H2,1-4H3,(H,30,34). The summed E-state index contributed by atoms with van der Waals surface area (Å²) in [4.78, 5) is 27.9. The summed E-state index contributed by atoms with van der Waals surface area (Å²) in [6, 6.07) is 13.6. The molecule has 0 spiro atoms. The van der Waals surface area contributed by atoms with E-state index in [1.165, 1.54) is 28.8 Å². The van der Waals surface area contributed by atoms with Gasteiger partial charge in [-0.1, -0.05) is 63.6 Å². The first kappa shape index (κ1) is 26.2. The number of amides is 2. The number of rotatable bonds is 6. The van der Waals surface area contributed by atoms with Crippen LogP contribution in [-0.2, 0) is 15.0 Å². The third-order valence-corrected chi connectivity index (χ3v) is 7.50. The third kappa shape index (κ3) is 5.30. The second-order valence-electron chi connectivity index (χ2n) is 9.77. The van der Waals surface area contributed by atoms with Gasteiger partial charge in [0.05, 0.1) is 27.4 Å². The Morgan fingerprint density at radius 1 is 1.19 bits per heavy atom. The van der Waals surface area contributed by atoms with Crippen molar-refractivity contribution >= 4 is 41.0 Å². The topological polar surface area (TPSA) is 67.2 Å². The number of para-hydroxylation sites is 1. The molecule has 1 aliphatic heterocycles. The molecule has 0 bridgehead atoms. The molecule has 1 atom stereocenters. The molecule has 4 rings (SSSR count). The predicted molar refractivity (Wildman–Crippen MR) is 144 cm³/mol. The molecule has 2 aromatic carbocycles.